The van der Waals surface area contributed by atoms with Crippen LogP contribution in [0.4, 0.5) is 13.2 Å². The molecule has 1 rings (SSSR count). The third-order valence-corrected chi connectivity index (χ3v) is 2.01. The summed E-state index contributed by atoms with van der Waals surface area (Å²) < 4.78 is 36.6. The number of nitrogens with zero attached hydrogens (tertiary/aromatic N) is 1. The number of hydrogen-bond donors (Lipinski definition) is 2. The van der Waals surface area contributed by atoms with E-state index in [0.29, 0.717) is 5.69 Å². The molecule has 2 N–H and O–H groups in total. The Morgan fingerprint density at radius 2 is 1.94 bits per heavy atom. The zero-order valence-corrected chi connectivity index (χ0v) is 10.5. The maximum atomic E-state index is 12.2. The summed E-state index contributed by atoms with van der Waals surface area (Å²) in [4.78, 5) is 17.1. The summed E-state index contributed by atoms with van der Waals surface area (Å²) in [5, 5.41) is 3.06. The minimum Gasteiger partial charge on any atom is -0.310 e. The first-order valence-corrected chi connectivity index (χ1v) is 5.46. The van der Waals surface area contributed by atoms with Crippen molar-refractivity contribution in [3.8, 4) is 0 Å². The van der Waals surface area contributed by atoms with Gasteiger partial charge in [0.05, 0.1) is 5.69 Å². The molecule has 1 aromatic rings. The molecule has 4 nitrogen and oxygen atoms in total. The van der Waals surface area contributed by atoms with E-state index in [9.17, 15) is 18.0 Å². The number of alkyl halides is 3. The van der Waals surface area contributed by atoms with E-state index in [4.69, 9.17) is 0 Å². The molecule has 0 aromatic carbocycles. The molecule has 0 aliphatic rings. The maximum Gasteiger partial charge on any atom is 0.396 e. The largest absolute Gasteiger partial charge is 0.396 e. The summed E-state index contributed by atoms with van der Waals surface area (Å²) in [6, 6.07) is 1.19. The molecule has 102 valence electrons. The highest BCUT2D eigenvalue weighted by Crippen LogP contribution is 2.18. The average molecular weight is 263 g/mol. The number of aromatic amines is 1. The molecule has 0 saturated heterocycles. The molecule has 1 aromatic heterocycles. The fourth-order valence-electron chi connectivity index (χ4n) is 1.28. The lowest BCUT2D eigenvalue weighted by atomic mass is 10.1. The Hall–Kier alpha value is -1.37. The molecule has 0 spiro atoms. The van der Waals surface area contributed by atoms with Crippen LogP contribution in [0, 0.1) is 0 Å². The van der Waals surface area contributed by atoms with Gasteiger partial charge in [0.15, 0.2) is 0 Å². The Bertz CT molecular complexity index is 460. The van der Waals surface area contributed by atoms with Crippen LogP contribution >= 0.6 is 0 Å². The second-order valence-electron chi connectivity index (χ2n) is 5.08. The summed E-state index contributed by atoms with van der Waals surface area (Å²) in [6.07, 6.45) is -5.61. The van der Waals surface area contributed by atoms with E-state index >= 15 is 0 Å². The van der Waals surface area contributed by atoms with Crippen molar-refractivity contribution in [1.29, 1.82) is 0 Å². The van der Waals surface area contributed by atoms with E-state index in [0.717, 1.165) is 0 Å². The monoisotopic (exact) mass is 263 g/mol. The van der Waals surface area contributed by atoms with Crippen LogP contribution in [0.3, 0.4) is 0 Å². The molecular weight excluding hydrogens is 247 g/mol. The predicted molar refractivity (Wildman–Crippen MR) is 61.2 cm³/mol. The summed E-state index contributed by atoms with van der Waals surface area (Å²) in [7, 11) is 0. The van der Waals surface area contributed by atoms with Gasteiger partial charge in [-0.1, -0.05) is 0 Å². The number of nitrogens with one attached hydrogen (secondary N) is 2. The molecule has 7 heteroatoms. The SMILES string of the molecule is CC(C)(C)NCc1cc(=O)[nH]c(CC(F)(F)F)n1. The van der Waals surface area contributed by atoms with E-state index in [2.05, 4.69) is 15.3 Å². The average Bonchev–Trinajstić information content (AvgIpc) is 2.09. The van der Waals surface area contributed by atoms with Gasteiger partial charge in [0.25, 0.3) is 5.56 Å². The maximum absolute atomic E-state index is 12.2. The van der Waals surface area contributed by atoms with Crippen molar-refractivity contribution in [2.75, 3.05) is 0 Å². The number of aromatic nitrogens is 2. The first-order chi connectivity index (χ1) is 8.05. The van der Waals surface area contributed by atoms with E-state index in [1.165, 1.54) is 6.07 Å². The van der Waals surface area contributed by atoms with Gasteiger partial charge in [-0.3, -0.25) is 4.79 Å². The number of rotatable bonds is 3. The van der Waals surface area contributed by atoms with Gasteiger partial charge in [-0.05, 0) is 20.8 Å². The zero-order valence-electron chi connectivity index (χ0n) is 10.5. The van der Waals surface area contributed by atoms with Gasteiger partial charge < -0.3 is 10.3 Å². The van der Waals surface area contributed by atoms with Crippen molar-refractivity contribution in [1.82, 2.24) is 15.3 Å². The van der Waals surface area contributed by atoms with Gasteiger partial charge in [-0.25, -0.2) is 4.98 Å². The molecule has 0 amide bonds. The molecule has 0 saturated carbocycles. The predicted octanol–water partition coefficient (Wildman–Crippen LogP) is 1.76. The van der Waals surface area contributed by atoms with Crippen LogP contribution in [0.25, 0.3) is 0 Å². The van der Waals surface area contributed by atoms with Crippen LogP contribution in [-0.4, -0.2) is 21.7 Å². The van der Waals surface area contributed by atoms with Crippen molar-refractivity contribution in [2.45, 2.75) is 45.5 Å². The minimum atomic E-state index is -4.38. The van der Waals surface area contributed by atoms with Gasteiger partial charge >= 0.3 is 6.18 Å². The highest BCUT2D eigenvalue weighted by molar-refractivity contribution is 5.04. The molecule has 0 aliphatic heterocycles. The van der Waals surface area contributed by atoms with E-state index in [-0.39, 0.29) is 17.9 Å². The fourth-order valence-corrected chi connectivity index (χ4v) is 1.28. The lowest BCUT2D eigenvalue weighted by Crippen LogP contribution is -2.35. The van der Waals surface area contributed by atoms with E-state index in [1.54, 1.807) is 0 Å². The second-order valence-corrected chi connectivity index (χ2v) is 5.08. The van der Waals surface area contributed by atoms with Crippen molar-refractivity contribution in [2.24, 2.45) is 0 Å². The topological polar surface area (TPSA) is 57.8 Å². The highest BCUT2D eigenvalue weighted by atomic mass is 19.4. The summed E-state index contributed by atoms with van der Waals surface area (Å²) >= 11 is 0. The number of hydrogen-bond acceptors (Lipinski definition) is 3. The van der Waals surface area contributed by atoms with Crippen LogP contribution < -0.4 is 10.9 Å². The lowest BCUT2D eigenvalue weighted by Gasteiger charge is -2.20. The van der Waals surface area contributed by atoms with Crippen molar-refractivity contribution in [3.05, 3.63) is 27.9 Å². The standard InChI is InChI=1S/C11H16F3N3O/c1-10(2,3)15-6-7-4-9(18)17-8(16-7)5-11(12,13)14/h4,15H,5-6H2,1-3H3,(H,16,17,18). The van der Waals surface area contributed by atoms with Crippen molar-refractivity contribution in [3.63, 3.8) is 0 Å². The smallest absolute Gasteiger partial charge is 0.310 e. The quantitative estimate of drug-likeness (QED) is 0.873. The van der Waals surface area contributed by atoms with Crippen LogP contribution in [0.2, 0.25) is 0 Å². The molecule has 0 atom stereocenters. The van der Waals surface area contributed by atoms with Crippen LogP contribution in [0.1, 0.15) is 32.3 Å². The Kier molecular flexibility index (Phi) is 4.16. The fraction of sp³-hybridized carbons (Fsp3) is 0.636. The molecule has 0 bridgehead atoms. The van der Waals surface area contributed by atoms with Gasteiger partial charge in [0.2, 0.25) is 0 Å². The normalized spacial score (nSPS) is 12.8. The van der Waals surface area contributed by atoms with Gasteiger partial charge in [-0.15, -0.1) is 0 Å². The van der Waals surface area contributed by atoms with Crippen molar-refractivity contribution >= 4 is 0 Å². The third kappa shape index (κ3) is 5.81. The van der Waals surface area contributed by atoms with E-state index < -0.39 is 18.2 Å². The molecule has 0 fully saturated rings. The Morgan fingerprint density at radius 3 is 2.44 bits per heavy atom. The second kappa shape index (κ2) is 5.09. The van der Waals surface area contributed by atoms with Gasteiger partial charge in [0, 0.05) is 18.2 Å². The van der Waals surface area contributed by atoms with Crippen molar-refractivity contribution < 1.29 is 13.2 Å². The van der Waals surface area contributed by atoms with Crippen LogP contribution in [-0.2, 0) is 13.0 Å². The Balaban J connectivity index is 2.85. The van der Waals surface area contributed by atoms with Crippen LogP contribution in [0.5, 0.6) is 0 Å². The Labute approximate surface area is 103 Å². The van der Waals surface area contributed by atoms with E-state index in [1.807, 2.05) is 20.8 Å². The number of H-pyrrole nitrogens is 1. The highest BCUT2D eigenvalue weighted by Gasteiger charge is 2.29. The van der Waals surface area contributed by atoms with Gasteiger partial charge in [-0.2, -0.15) is 13.2 Å². The minimum absolute atomic E-state index is 0.200. The van der Waals surface area contributed by atoms with Gasteiger partial charge in [0.1, 0.15) is 12.2 Å². The number of halogens is 3. The Morgan fingerprint density at radius 1 is 1.33 bits per heavy atom. The molecule has 0 unspecified atom stereocenters. The first kappa shape index (κ1) is 14.7. The molecule has 0 radical (unpaired) electrons. The summed E-state index contributed by atoms with van der Waals surface area (Å²) in [5.41, 5.74) is -0.475. The third-order valence-electron chi connectivity index (χ3n) is 2.01. The molecular formula is C11H16F3N3O. The lowest BCUT2D eigenvalue weighted by molar-refractivity contribution is -0.128. The molecule has 0 aliphatic carbocycles. The van der Waals surface area contributed by atoms with Crippen LogP contribution in [0.15, 0.2) is 10.9 Å². The zero-order chi connectivity index (χ0) is 14.0. The first-order valence-electron chi connectivity index (χ1n) is 5.46. The molecule has 18 heavy (non-hydrogen) atoms. The summed E-state index contributed by atoms with van der Waals surface area (Å²) in [5.74, 6) is -0.360. The summed E-state index contributed by atoms with van der Waals surface area (Å²) in [6.45, 7) is 5.99. The molecule has 1 heterocycles.